The normalized spacial score (nSPS) is 15.9. The maximum Gasteiger partial charge on any atom is 0.224 e. The fourth-order valence-electron chi connectivity index (χ4n) is 1.70. The van der Waals surface area contributed by atoms with E-state index in [0.717, 1.165) is 12.8 Å². The lowest BCUT2D eigenvalue weighted by Crippen LogP contribution is -2.48. The molecule has 0 saturated heterocycles. The molecular formula is C11H17ClN2O. The summed E-state index contributed by atoms with van der Waals surface area (Å²) in [6.07, 6.45) is 3.19. The standard InChI is InChI=1S/C11H17ClN2O/c1-11(2,8-13)14(9-5-6-9)10(15)4-3-7-12/h9H,3-7H2,1-2H3. The van der Waals surface area contributed by atoms with Gasteiger partial charge in [-0.05, 0) is 33.1 Å². The Kier molecular flexibility index (Phi) is 3.98. The number of alkyl halides is 1. The highest BCUT2D eigenvalue weighted by atomic mass is 35.5. The molecule has 0 aromatic carbocycles. The summed E-state index contributed by atoms with van der Waals surface area (Å²) in [4.78, 5) is 13.6. The molecule has 1 saturated carbocycles. The SMILES string of the molecule is CC(C)(C#N)N(C(=O)CCCCl)C1CC1. The lowest BCUT2D eigenvalue weighted by atomic mass is 10.0. The van der Waals surface area contributed by atoms with Crippen LogP contribution in [0, 0.1) is 11.3 Å². The van der Waals surface area contributed by atoms with Crippen LogP contribution in [0.15, 0.2) is 0 Å². The summed E-state index contributed by atoms with van der Waals surface area (Å²) in [5.41, 5.74) is -0.690. The molecule has 84 valence electrons. The van der Waals surface area contributed by atoms with E-state index in [2.05, 4.69) is 6.07 Å². The van der Waals surface area contributed by atoms with Crippen molar-refractivity contribution in [1.29, 1.82) is 5.26 Å². The number of hydrogen-bond acceptors (Lipinski definition) is 2. The second-order valence-corrected chi connectivity index (χ2v) is 4.84. The number of hydrogen-bond donors (Lipinski definition) is 0. The van der Waals surface area contributed by atoms with Crippen molar-refractivity contribution in [2.45, 2.75) is 51.1 Å². The molecular weight excluding hydrogens is 212 g/mol. The molecule has 0 aromatic rings. The molecule has 0 bridgehead atoms. The molecule has 1 amide bonds. The Morgan fingerprint density at radius 3 is 2.60 bits per heavy atom. The zero-order valence-corrected chi connectivity index (χ0v) is 10.0. The third-order valence-corrected chi connectivity index (χ3v) is 2.85. The zero-order chi connectivity index (χ0) is 11.5. The minimum Gasteiger partial charge on any atom is -0.322 e. The van der Waals surface area contributed by atoms with Gasteiger partial charge in [0.2, 0.25) is 5.91 Å². The van der Waals surface area contributed by atoms with Crippen LogP contribution in [-0.4, -0.2) is 28.3 Å². The van der Waals surface area contributed by atoms with E-state index in [1.807, 2.05) is 0 Å². The molecule has 3 nitrogen and oxygen atoms in total. The van der Waals surface area contributed by atoms with Crippen LogP contribution in [0.25, 0.3) is 0 Å². The molecule has 0 atom stereocenters. The van der Waals surface area contributed by atoms with Crippen LogP contribution in [-0.2, 0) is 4.79 Å². The van der Waals surface area contributed by atoms with Crippen molar-refractivity contribution in [2.24, 2.45) is 0 Å². The summed E-state index contributed by atoms with van der Waals surface area (Å²) in [6, 6.07) is 2.47. The van der Waals surface area contributed by atoms with Crippen LogP contribution in [0.4, 0.5) is 0 Å². The van der Waals surface area contributed by atoms with E-state index in [4.69, 9.17) is 16.9 Å². The third kappa shape index (κ3) is 3.10. The van der Waals surface area contributed by atoms with Gasteiger partial charge in [-0.15, -0.1) is 11.6 Å². The van der Waals surface area contributed by atoms with Gasteiger partial charge in [0.1, 0.15) is 5.54 Å². The topological polar surface area (TPSA) is 44.1 Å². The fourth-order valence-corrected chi connectivity index (χ4v) is 1.83. The van der Waals surface area contributed by atoms with Crippen LogP contribution < -0.4 is 0 Å². The monoisotopic (exact) mass is 228 g/mol. The van der Waals surface area contributed by atoms with Gasteiger partial charge in [-0.25, -0.2) is 0 Å². The molecule has 1 aliphatic rings. The Balaban J connectivity index is 2.66. The van der Waals surface area contributed by atoms with Crippen molar-refractivity contribution in [3.05, 3.63) is 0 Å². The minimum absolute atomic E-state index is 0.0599. The number of carbonyl (C=O) groups excluding carboxylic acids is 1. The van der Waals surface area contributed by atoms with E-state index < -0.39 is 5.54 Å². The first kappa shape index (κ1) is 12.3. The van der Waals surface area contributed by atoms with E-state index in [1.165, 1.54) is 0 Å². The average Bonchev–Trinajstić information content (AvgIpc) is 2.99. The van der Waals surface area contributed by atoms with Crippen LogP contribution >= 0.6 is 11.6 Å². The number of halogens is 1. The number of rotatable bonds is 5. The minimum atomic E-state index is -0.690. The Bertz CT molecular complexity index is 279. The molecule has 0 N–H and O–H groups in total. The quantitative estimate of drug-likeness (QED) is 0.678. The van der Waals surface area contributed by atoms with Gasteiger partial charge in [0.25, 0.3) is 0 Å². The zero-order valence-electron chi connectivity index (χ0n) is 9.29. The molecule has 15 heavy (non-hydrogen) atoms. The molecule has 0 aromatic heterocycles. The highest BCUT2D eigenvalue weighted by Gasteiger charge is 2.41. The van der Waals surface area contributed by atoms with Crippen LogP contribution in [0.2, 0.25) is 0 Å². The number of amides is 1. The van der Waals surface area contributed by atoms with E-state index >= 15 is 0 Å². The summed E-state index contributed by atoms with van der Waals surface area (Å²) in [6.45, 7) is 3.59. The van der Waals surface area contributed by atoms with Crippen LogP contribution in [0.3, 0.4) is 0 Å². The van der Waals surface area contributed by atoms with E-state index in [9.17, 15) is 4.79 Å². The summed E-state index contributed by atoms with van der Waals surface area (Å²) in [5, 5.41) is 9.05. The second-order valence-electron chi connectivity index (χ2n) is 4.46. The highest BCUT2D eigenvalue weighted by molar-refractivity contribution is 6.17. The van der Waals surface area contributed by atoms with Crippen molar-refractivity contribution >= 4 is 17.5 Å². The lowest BCUT2D eigenvalue weighted by Gasteiger charge is -2.33. The number of nitrogens with zero attached hydrogens (tertiary/aromatic N) is 2. The van der Waals surface area contributed by atoms with E-state index in [1.54, 1.807) is 18.7 Å². The first-order valence-corrected chi connectivity index (χ1v) is 5.85. The second kappa shape index (κ2) is 4.85. The highest BCUT2D eigenvalue weighted by Crippen LogP contribution is 2.33. The summed E-state index contributed by atoms with van der Waals surface area (Å²) in [7, 11) is 0. The van der Waals surface area contributed by atoms with E-state index in [-0.39, 0.29) is 11.9 Å². The van der Waals surface area contributed by atoms with Gasteiger partial charge in [0, 0.05) is 18.3 Å². The predicted octanol–water partition coefficient (Wildman–Crippen LogP) is 2.30. The van der Waals surface area contributed by atoms with Crippen molar-refractivity contribution < 1.29 is 4.79 Å². The van der Waals surface area contributed by atoms with Crippen molar-refractivity contribution in [3.63, 3.8) is 0 Å². The third-order valence-electron chi connectivity index (χ3n) is 2.58. The molecule has 0 aliphatic heterocycles. The first-order chi connectivity index (χ1) is 7.03. The number of nitriles is 1. The average molecular weight is 229 g/mol. The fraction of sp³-hybridized carbons (Fsp3) is 0.818. The van der Waals surface area contributed by atoms with Gasteiger partial charge in [-0.3, -0.25) is 4.79 Å². The molecule has 1 rings (SSSR count). The molecule has 0 unspecified atom stereocenters. The van der Waals surface area contributed by atoms with Gasteiger partial charge in [-0.1, -0.05) is 0 Å². The predicted molar refractivity (Wildman–Crippen MR) is 59.5 cm³/mol. The van der Waals surface area contributed by atoms with Gasteiger partial charge < -0.3 is 4.90 Å². The van der Waals surface area contributed by atoms with Crippen molar-refractivity contribution in [2.75, 3.05) is 5.88 Å². The Labute approximate surface area is 96.0 Å². The lowest BCUT2D eigenvalue weighted by molar-refractivity contribution is -0.135. The first-order valence-electron chi connectivity index (χ1n) is 5.32. The van der Waals surface area contributed by atoms with Gasteiger partial charge in [0.05, 0.1) is 6.07 Å². The maximum atomic E-state index is 11.9. The van der Waals surface area contributed by atoms with Crippen LogP contribution in [0.5, 0.6) is 0 Å². The van der Waals surface area contributed by atoms with Crippen molar-refractivity contribution in [1.82, 2.24) is 4.90 Å². The molecule has 1 aliphatic carbocycles. The Hall–Kier alpha value is -0.750. The summed E-state index contributed by atoms with van der Waals surface area (Å²) < 4.78 is 0. The molecule has 4 heteroatoms. The Morgan fingerprint density at radius 1 is 1.60 bits per heavy atom. The number of carbonyl (C=O) groups is 1. The smallest absolute Gasteiger partial charge is 0.224 e. The summed E-state index contributed by atoms with van der Waals surface area (Å²) in [5.74, 6) is 0.557. The van der Waals surface area contributed by atoms with E-state index in [0.29, 0.717) is 18.7 Å². The van der Waals surface area contributed by atoms with Gasteiger partial charge in [0.15, 0.2) is 0 Å². The summed E-state index contributed by atoms with van der Waals surface area (Å²) >= 11 is 5.56. The largest absolute Gasteiger partial charge is 0.322 e. The van der Waals surface area contributed by atoms with Gasteiger partial charge in [-0.2, -0.15) is 5.26 Å². The van der Waals surface area contributed by atoms with Gasteiger partial charge >= 0.3 is 0 Å². The molecule has 1 fully saturated rings. The molecule has 0 heterocycles. The van der Waals surface area contributed by atoms with Crippen molar-refractivity contribution in [3.8, 4) is 6.07 Å². The molecule has 0 spiro atoms. The Morgan fingerprint density at radius 2 is 2.20 bits per heavy atom. The van der Waals surface area contributed by atoms with Crippen LogP contribution in [0.1, 0.15) is 39.5 Å². The maximum absolute atomic E-state index is 11.9. The molecule has 0 radical (unpaired) electrons.